The van der Waals surface area contributed by atoms with Gasteiger partial charge < -0.3 is 16.2 Å². The Kier molecular flexibility index (Phi) is 12.1. The van der Waals surface area contributed by atoms with E-state index in [2.05, 4.69) is 29.5 Å². The number of nitrogens with two attached hydrogens (primary N) is 2. The number of hydrogen-bond donors (Lipinski definition) is 2. The van der Waals surface area contributed by atoms with Crippen molar-refractivity contribution in [2.45, 2.75) is 20.3 Å². The van der Waals surface area contributed by atoms with Crippen LogP contribution in [0.15, 0.2) is 29.8 Å². The Balaban J connectivity index is 0.00000149. The number of ether oxygens (including phenoxy) is 1. The van der Waals surface area contributed by atoms with Gasteiger partial charge in [-0.1, -0.05) is 25.6 Å². The SMILES string of the molecule is CCCN(CC)CS/C(=C\N)Oc1cncc(C#N)c1.NC=O. The Morgan fingerprint density at radius 1 is 1.48 bits per heavy atom. The largest absolute Gasteiger partial charge is 0.447 e. The first-order valence-electron chi connectivity index (χ1n) is 7.10. The molecule has 0 aliphatic rings. The molecular formula is C15H23N5O2S. The van der Waals surface area contributed by atoms with Crippen LogP contribution in [0.1, 0.15) is 25.8 Å². The number of primary amides is 1. The summed E-state index contributed by atoms with van der Waals surface area (Å²) >= 11 is 1.53. The fourth-order valence-corrected chi connectivity index (χ4v) is 2.42. The second-order valence-electron chi connectivity index (χ2n) is 4.23. The average Bonchev–Trinajstić information content (AvgIpc) is 2.58. The maximum atomic E-state index is 8.82. The highest BCUT2D eigenvalue weighted by Gasteiger charge is 2.06. The number of nitriles is 1. The normalized spacial score (nSPS) is 10.4. The molecule has 0 bridgehead atoms. The van der Waals surface area contributed by atoms with Crippen LogP contribution in [0.5, 0.6) is 5.75 Å². The van der Waals surface area contributed by atoms with Gasteiger partial charge in [0.05, 0.1) is 17.6 Å². The van der Waals surface area contributed by atoms with Crippen LogP contribution in [-0.4, -0.2) is 35.3 Å². The van der Waals surface area contributed by atoms with E-state index in [1.165, 1.54) is 24.2 Å². The lowest BCUT2D eigenvalue weighted by Crippen LogP contribution is -2.23. The standard InChI is InChI=1S/C14H20N4OS.CH3NO/c1-3-5-18(4-2)11-20-14(8-16)19-13-6-12(7-15)9-17-10-13;2-1-3/h6,8-10H,3-5,11,16H2,1-2H3;1H,(H2,2,3)/b14-8-;. The molecule has 1 rings (SSSR count). The zero-order chi connectivity index (χ0) is 17.5. The van der Waals surface area contributed by atoms with Gasteiger partial charge in [0, 0.05) is 18.5 Å². The van der Waals surface area contributed by atoms with Crippen molar-refractivity contribution in [3.63, 3.8) is 0 Å². The minimum atomic E-state index is 0.250. The summed E-state index contributed by atoms with van der Waals surface area (Å²) in [6.45, 7) is 6.32. The lowest BCUT2D eigenvalue weighted by atomic mass is 10.3. The summed E-state index contributed by atoms with van der Waals surface area (Å²) in [5.41, 5.74) is 10.2. The number of carbonyl (C=O) groups is 1. The van der Waals surface area contributed by atoms with Gasteiger partial charge in [-0.05, 0) is 19.5 Å². The number of hydrogen-bond acceptors (Lipinski definition) is 7. The van der Waals surface area contributed by atoms with Crippen LogP contribution in [0, 0.1) is 11.3 Å². The summed E-state index contributed by atoms with van der Waals surface area (Å²) in [6, 6.07) is 3.67. The third-order valence-electron chi connectivity index (χ3n) is 2.57. The highest BCUT2D eigenvalue weighted by molar-refractivity contribution is 8.02. The maximum absolute atomic E-state index is 8.82. The summed E-state index contributed by atoms with van der Waals surface area (Å²) in [4.78, 5) is 14.8. The number of pyridine rings is 1. The number of thioether (sulfide) groups is 1. The molecule has 1 aromatic heterocycles. The molecule has 4 N–H and O–H groups in total. The van der Waals surface area contributed by atoms with Crippen LogP contribution >= 0.6 is 11.8 Å². The Hall–Kier alpha value is -2.24. The average molecular weight is 337 g/mol. The highest BCUT2D eigenvalue weighted by atomic mass is 32.2. The van der Waals surface area contributed by atoms with E-state index in [-0.39, 0.29) is 6.41 Å². The molecule has 0 aromatic carbocycles. The second-order valence-corrected chi connectivity index (χ2v) is 5.18. The molecule has 0 atom stereocenters. The fraction of sp³-hybridized carbons (Fsp3) is 0.400. The summed E-state index contributed by atoms with van der Waals surface area (Å²) in [5, 5.41) is 9.43. The number of amides is 1. The Bertz CT molecular complexity index is 531. The smallest absolute Gasteiger partial charge is 0.204 e. The first-order valence-corrected chi connectivity index (χ1v) is 8.09. The Morgan fingerprint density at radius 2 is 2.17 bits per heavy atom. The van der Waals surface area contributed by atoms with Crippen molar-refractivity contribution < 1.29 is 9.53 Å². The Labute approximate surface area is 141 Å². The topological polar surface area (TPSA) is 118 Å². The molecule has 23 heavy (non-hydrogen) atoms. The van der Waals surface area contributed by atoms with Gasteiger partial charge in [-0.25, -0.2) is 0 Å². The van der Waals surface area contributed by atoms with Crippen molar-refractivity contribution in [1.29, 1.82) is 5.26 Å². The van der Waals surface area contributed by atoms with E-state index >= 15 is 0 Å². The van der Waals surface area contributed by atoms with E-state index in [1.807, 2.05) is 6.07 Å². The zero-order valence-electron chi connectivity index (χ0n) is 13.4. The lowest BCUT2D eigenvalue weighted by Gasteiger charge is -2.19. The summed E-state index contributed by atoms with van der Waals surface area (Å²) in [7, 11) is 0. The first kappa shape index (κ1) is 20.8. The molecule has 8 heteroatoms. The minimum absolute atomic E-state index is 0.250. The number of rotatable bonds is 8. The molecular weight excluding hydrogens is 314 g/mol. The Morgan fingerprint density at radius 3 is 2.70 bits per heavy atom. The van der Waals surface area contributed by atoms with Gasteiger partial charge in [0.1, 0.15) is 11.8 Å². The van der Waals surface area contributed by atoms with Gasteiger partial charge in [0.2, 0.25) is 6.41 Å². The first-order chi connectivity index (χ1) is 11.1. The molecule has 1 heterocycles. The molecule has 0 fully saturated rings. The van der Waals surface area contributed by atoms with Crippen molar-refractivity contribution in [2.75, 3.05) is 19.0 Å². The van der Waals surface area contributed by atoms with Gasteiger partial charge in [-0.2, -0.15) is 5.26 Å². The van der Waals surface area contributed by atoms with Crippen LogP contribution in [0.3, 0.4) is 0 Å². The highest BCUT2D eigenvalue weighted by Crippen LogP contribution is 2.22. The van der Waals surface area contributed by atoms with Gasteiger partial charge in [0.25, 0.3) is 0 Å². The van der Waals surface area contributed by atoms with Crippen molar-refractivity contribution in [3.05, 3.63) is 35.3 Å². The number of aromatic nitrogens is 1. The van der Waals surface area contributed by atoms with Crippen molar-refractivity contribution in [3.8, 4) is 11.8 Å². The second kappa shape index (κ2) is 13.4. The van der Waals surface area contributed by atoms with E-state index < -0.39 is 0 Å². The maximum Gasteiger partial charge on any atom is 0.204 e. The van der Waals surface area contributed by atoms with Crippen LogP contribution in [0.25, 0.3) is 0 Å². The predicted molar refractivity (Wildman–Crippen MR) is 92.1 cm³/mol. The van der Waals surface area contributed by atoms with Crippen molar-refractivity contribution in [2.24, 2.45) is 11.5 Å². The van der Waals surface area contributed by atoms with Crippen LogP contribution in [0.4, 0.5) is 0 Å². The van der Waals surface area contributed by atoms with Gasteiger partial charge >= 0.3 is 0 Å². The van der Waals surface area contributed by atoms with E-state index in [9.17, 15) is 0 Å². The third-order valence-corrected chi connectivity index (χ3v) is 3.57. The molecule has 0 saturated carbocycles. The van der Waals surface area contributed by atoms with E-state index in [0.717, 1.165) is 25.4 Å². The van der Waals surface area contributed by atoms with Crippen LogP contribution < -0.4 is 16.2 Å². The van der Waals surface area contributed by atoms with Crippen LogP contribution in [0.2, 0.25) is 0 Å². The zero-order valence-corrected chi connectivity index (χ0v) is 14.3. The van der Waals surface area contributed by atoms with E-state index in [1.54, 1.807) is 12.3 Å². The molecule has 0 aliphatic heterocycles. The molecule has 126 valence electrons. The fourth-order valence-electron chi connectivity index (χ4n) is 1.55. The predicted octanol–water partition coefficient (Wildman–Crippen LogP) is 1.61. The molecule has 1 amide bonds. The third kappa shape index (κ3) is 9.39. The number of carbonyl (C=O) groups excluding carboxylic acids is 1. The lowest BCUT2D eigenvalue weighted by molar-refractivity contribution is -0.106. The van der Waals surface area contributed by atoms with Gasteiger partial charge in [-0.15, -0.1) is 0 Å². The molecule has 0 spiro atoms. The summed E-state index contributed by atoms with van der Waals surface area (Å²) in [5.74, 6) is 1.34. The minimum Gasteiger partial charge on any atom is -0.447 e. The molecule has 0 radical (unpaired) electrons. The quantitative estimate of drug-likeness (QED) is 0.420. The van der Waals surface area contributed by atoms with Crippen molar-refractivity contribution >= 4 is 18.2 Å². The summed E-state index contributed by atoms with van der Waals surface area (Å²) in [6.07, 6.45) is 5.86. The van der Waals surface area contributed by atoms with E-state index in [4.69, 9.17) is 20.5 Å². The molecule has 0 unspecified atom stereocenters. The van der Waals surface area contributed by atoms with Gasteiger partial charge in [0.15, 0.2) is 5.09 Å². The molecule has 7 nitrogen and oxygen atoms in total. The summed E-state index contributed by atoms with van der Waals surface area (Å²) < 4.78 is 5.64. The molecule has 0 saturated heterocycles. The molecule has 0 aliphatic carbocycles. The van der Waals surface area contributed by atoms with Crippen molar-refractivity contribution in [1.82, 2.24) is 9.88 Å². The molecule has 1 aromatic rings. The number of nitrogens with zero attached hydrogens (tertiary/aromatic N) is 3. The van der Waals surface area contributed by atoms with Gasteiger partial charge in [-0.3, -0.25) is 14.7 Å². The monoisotopic (exact) mass is 337 g/mol. The van der Waals surface area contributed by atoms with Crippen LogP contribution in [-0.2, 0) is 4.79 Å². The van der Waals surface area contributed by atoms with E-state index in [0.29, 0.717) is 16.4 Å².